The first-order valence-corrected chi connectivity index (χ1v) is 10.5. The van der Waals surface area contributed by atoms with Crippen LogP contribution in [0.2, 0.25) is 0 Å². The van der Waals surface area contributed by atoms with Gasteiger partial charge in [-0.3, -0.25) is 0 Å². The highest BCUT2D eigenvalue weighted by Gasteiger charge is 2.39. The molecule has 3 aromatic rings. The molecule has 2 aromatic heterocycles. The lowest BCUT2D eigenvalue weighted by molar-refractivity contribution is 0.160. The van der Waals surface area contributed by atoms with Crippen LogP contribution < -0.4 is 10.2 Å². The number of aryl methyl sites for hydroxylation is 1. The largest absolute Gasteiger partial charge is 0.507 e. The fourth-order valence-electron chi connectivity index (χ4n) is 4.63. The minimum absolute atomic E-state index is 0.0307. The van der Waals surface area contributed by atoms with E-state index in [4.69, 9.17) is 4.42 Å². The van der Waals surface area contributed by atoms with Crippen molar-refractivity contribution < 1.29 is 9.52 Å². The number of phenolic OH excluding ortho intramolecular Hbond substituents is 1. The molecule has 0 radical (unpaired) electrons. The van der Waals surface area contributed by atoms with Gasteiger partial charge >= 0.3 is 0 Å². The molecule has 1 aliphatic heterocycles. The van der Waals surface area contributed by atoms with Crippen molar-refractivity contribution in [3.8, 4) is 28.5 Å². The van der Waals surface area contributed by atoms with Crippen LogP contribution in [0.5, 0.6) is 5.75 Å². The molecule has 1 saturated heterocycles. The minimum Gasteiger partial charge on any atom is -0.507 e. The standard InChI is InChI=1S/C23H30N6O2/c1-14-12-24-20(31-14)15-7-8-17(19(30)9-15)18-13-25-21(27-26-18)29(6)16-10-22(2,3)28-23(4,5)11-16/h7-9,12-13,16,28,30H,10-11H2,1-6H3. The Kier molecular flexibility index (Phi) is 5.21. The maximum absolute atomic E-state index is 10.5. The topological polar surface area (TPSA) is 100 Å². The Morgan fingerprint density at radius 3 is 2.32 bits per heavy atom. The summed E-state index contributed by atoms with van der Waals surface area (Å²) < 4.78 is 5.53. The Labute approximate surface area is 182 Å². The van der Waals surface area contributed by atoms with E-state index >= 15 is 0 Å². The average molecular weight is 423 g/mol. The summed E-state index contributed by atoms with van der Waals surface area (Å²) in [5, 5.41) is 22.9. The molecule has 0 aliphatic carbocycles. The van der Waals surface area contributed by atoms with E-state index in [0.29, 0.717) is 40.5 Å². The van der Waals surface area contributed by atoms with Crippen LogP contribution in [0.25, 0.3) is 22.7 Å². The summed E-state index contributed by atoms with van der Waals surface area (Å²) in [6, 6.07) is 5.52. The van der Waals surface area contributed by atoms with Gasteiger partial charge in [-0.05, 0) is 65.7 Å². The Hall–Kier alpha value is -3.00. The van der Waals surface area contributed by atoms with Crippen LogP contribution >= 0.6 is 0 Å². The molecule has 8 nitrogen and oxygen atoms in total. The second-order valence-corrected chi connectivity index (χ2v) is 9.72. The van der Waals surface area contributed by atoms with E-state index in [1.54, 1.807) is 24.5 Å². The van der Waals surface area contributed by atoms with Crippen molar-refractivity contribution in [3.63, 3.8) is 0 Å². The van der Waals surface area contributed by atoms with E-state index in [1.807, 2.05) is 20.0 Å². The zero-order chi connectivity index (χ0) is 22.4. The predicted molar refractivity (Wildman–Crippen MR) is 120 cm³/mol. The number of phenols is 1. The quantitative estimate of drug-likeness (QED) is 0.652. The van der Waals surface area contributed by atoms with Gasteiger partial charge in [0.2, 0.25) is 11.8 Å². The van der Waals surface area contributed by atoms with E-state index in [9.17, 15) is 5.11 Å². The summed E-state index contributed by atoms with van der Waals surface area (Å²) in [5.74, 6) is 1.84. The maximum Gasteiger partial charge on any atom is 0.245 e. The van der Waals surface area contributed by atoms with Gasteiger partial charge in [-0.2, -0.15) is 0 Å². The SMILES string of the molecule is Cc1cnc(-c2ccc(-c3cnc(N(C)C4CC(C)(C)NC(C)(C)C4)nn3)c(O)c2)o1. The van der Waals surface area contributed by atoms with Crippen molar-refractivity contribution in [2.24, 2.45) is 0 Å². The molecule has 2 N–H and O–H groups in total. The van der Waals surface area contributed by atoms with Crippen molar-refractivity contribution >= 4 is 5.95 Å². The number of benzene rings is 1. The van der Waals surface area contributed by atoms with E-state index in [-0.39, 0.29) is 16.8 Å². The number of rotatable bonds is 4. The molecule has 4 rings (SSSR count). The molecule has 1 fully saturated rings. The smallest absolute Gasteiger partial charge is 0.245 e. The highest BCUT2D eigenvalue weighted by Crippen LogP contribution is 2.34. The Morgan fingerprint density at radius 2 is 1.77 bits per heavy atom. The molecule has 31 heavy (non-hydrogen) atoms. The second-order valence-electron chi connectivity index (χ2n) is 9.72. The summed E-state index contributed by atoms with van der Waals surface area (Å²) in [5.41, 5.74) is 1.83. The second kappa shape index (κ2) is 7.60. The number of aromatic hydroxyl groups is 1. The Balaban J connectivity index is 1.54. The van der Waals surface area contributed by atoms with E-state index in [1.165, 1.54) is 0 Å². The van der Waals surface area contributed by atoms with Gasteiger partial charge in [-0.25, -0.2) is 9.97 Å². The van der Waals surface area contributed by atoms with Crippen LogP contribution in [0.1, 0.15) is 46.3 Å². The molecule has 1 aromatic carbocycles. The molecule has 1 aliphatic rings. The molecule has 0 bridgehead atoms. The van der Waals surface area contributed by atoms with Gasteiger partial charge in [0.1, 0.15) is 17.2 Å². The third-order valence-corrected chi connectivity index (χ3v) is 5.72. The highest BCUT2D eigenvalue weighted by molar-refractivity contribution is 5.71. The summed E-state index contributed by atoms with van der Waals surface area (Å²) in [6.07, 6.45) is 5.27. The number of nitrogens with zero attached hydrogens (tertiary/aromatic N) is 5. The van der Waals surface area contributed by atoms with Crippen LogP contribution in [0.3, 0.4) is 0 Å². The highest BCUT2D eigenvalue weighted by atomic mass is 16.4. The number of hydrogen-bond acceptors (Lipinski definition) is 8. The third-order valence-electron chi connectivity index (χ3n) is 5.72. The van der Waals surface area contributed by atoms with Crippen molar-refractivity contribution in [2.45, 2.75) is 64.6 Å². The lowest BCUT2D eigenvalue weighted by atomic mass is 9.79. The first kappa shape index (κ1) is 21.2. The van der Waals surface area contributed by atoms with Gasteiger partial charge < -0.3 is 19.7 Å². The van der Waals surface area contributed by atoms with Crippen LogP contribution in [0, 0.1) is 6.92 Å². The minimum atomic E-state index is 0.0307. The molecular formula is C23H30N6O2. The molecule has 0 unspecified atom stereocenters. The molecule has 8 heteroatoms. The van der Waals surface area contributed by atoms with E-state index < -0.39 is 0 Å². The first-order chi connectivity index (χ1) is 14.5. The summed E-state index contributed by atoms with van der Waals surface area (Å²) in [6.45, 7) is 10.7. The van der Waals surface area contributed by atoms with Gasteiger partial charge in [0.25, 0.3) is 0 Å². The molecule has 0 amide bonds. The maximum atomic E-state index is 10.5. The van der Waals surface area contributed by atoms with Gasteiger partial charge in [0, 0.05) is 35.3 Å². The van der Waals surface area contributed by atoms with Crippen LogP contribution in [0.15, 0.2) is 35.0 Å². The molecule has 0 spiro atoms. The van der Waals surface area contributed by atoms with Gasteiger partial charge in [-0.1, -0.05) is 0 Å². The van der Waals surface area contributed by atoms with Crippen molar-refractivity contribution in [2.75, 3.05) is 11.9 Å². The molecule has 164 valence electrons. The Bertz CT molecular complexity index is 1060. The molecular weight excluding hydrogens is 392 g/mol. The zero-order valence-corrected chi connectivity index (χ0v) is 19.0. The number of oxazole rings is 1. The molecule has 3 heterocycles. The number of nitrogens with one attached hydrogen (secondary N) is 1. The normalized spacial score (nSPS) is 18.1. The number of anilines is 1. The molecule has 0 atom stereocenters. The third kappa shape index (κ3) is 4.54. The summed E-state index contributed by atoms with van der Waals surface area (Å²) in [4.78, 5) is 10.8. The monoisotopic (exact) mass is 422 g/mol. The van der Waals surface area contributed by atoms with Crippen LogP contribution in [-0.2, 0) is 0 Å². The number of piperidine rings is 1. The average Bonchev–Trinajstić information content (AvgIpc) is 3.11. The van der Waals surface area contributed by atoms with Gasteiger partial charge in [0.05, 0.1) is 12.4 Å². The number of aromatic nitrogens is 4. The van der Waals surface area contributed by atoms with Crippen LogP contribution in [-0.4, -0.2) is 49.4 Å². The van der Waals surface area contributed by atoms with Crippen LogP contribution in [0.4, 0.5) is 5.95 Å². The lowest BCUT2D eigenvalue weighted by Crippen LogP contribution is -2.62. The number of hydrogen-bond donors (Lipinski definition) is 2. The van der Waals surface area contributed by atoms with Gasteiger partial charge in [0.15, 0.2) is 0 Å². The van der Waals surface area contributed by atoms with E-state index in [0.717, 1.165) is 12.8 Å². The Morgan fingerprint density at radius 1 is 1.06 bits per heavy atom. The lowest BCUT2D eigenvalue weighted by Gasteiger charge is -2.48. The predicted octanol–water partition coefficient (Wildman–Crippen LogP) is 3.95. The van der Waals surface area contributed by atoms with E-state index in [2.05, 4.69) is 58.1 Å². The summed E-state index contributed by atoms with van der Waals surface area (Å²) >= 11 is 0. The fourth-order valence-corrected chi connectivity index (χ4v) is 4.63. The first-order valence-electron chi connectivity index (χ1n) is 10.5. The zero-order valence-electron chi connectivity index (χ0n) is 19.0. The molecule has 0 saturated carbocycles. The van der Waals surface area contributed by atoms with Crippen molar-refractivity contribution in [1.82, 2.24) is 25.5 Å². The van der Waals surface area contributed by atoms with Gasteiger partial charge in [-0.15, -0.1) is 10.2 Å². The van der Waals surface area contributed by atoms with Crippen molar-refractivity contribution in [1.29, 1.82) is 0 Å². The van der Waals surface area contributed by atoms with Crippen molar-refractivity contribution in [3.05, 3.63) is 36.4 Å². The summed E-state index contributed by atoms with van der Waals surface area (Å²) in [7, 11) is 2.02. The fraction of sp³-hybridized carbons (Fsp3) is 0.478.